The summed E-state index contributed by atoms with van der Waals surface area (Å²) in [5.74, 6) is -2.18. The molecular formula is C10H8BrF3O4. The molecule has 0 heterocycles. The van der Waals surface area contributed by atoms with E-state index in [2.05, 4.69) is 20.7 Å². The van der Waals surface area contributed by atoms with Gasteiger partial charge in [0.05, 0.1) is 11.6 Å². The maximum atomic E-state index is 12.8. The van der Waals surface area contributed by atoms with E-state index < -0.39 is 23.3 Å². The molecular weight excluding hydrogens is 321 g/mol. The first-order valence-electron chi connectivity index (χ1n) is 4.51. The second-order valence-electron chi connectivity index (χ2n) is 3.37. The molecule has 1 atom stereocenters. The lowest BCUT2D eigenvalue weighted by atomic mass is 9.93. The molecule has 0 radical (unpaired) electrons. The normalized spacial score (nSPS) is 15.0. The fourth-order valence-electron chi connectivity index (χ4n) is 1.28. The number of esters is 1. The molecule has 0 aliphatic rings. The smallest absolute Gasteiger partial charge is 0.432 e. The van der Waals surface area contributed by atoms with Gasteiger partial charge >= 0.3 is 12.1 Å². The van der Waals surface area contributed by atoms with Crippen molar-refractivity contribution >= 4 is 21.9 Å². The van der Waals surface area contributed by atoms with E-state index in [0.717, 1.165) is 25.3 Å². The number of phenols is 1. The molecule has 0 aliphatic heterocycles. The van der Waals surface area contributed by atoms with Crippen molar-refractivity contribution < 1.29 is 32.9 Å². The number of methoxy groups -OCH3 is 1. The zero-order chi connectivity index (χ0) is 14.1. The van der Waals surface area contributed by atoms with E-state index in [1.807, 2.05) is 0 Å². The van der Waals surface area contributed by atoms with Gasteiger partial charge in [-0.15, -0.1) is 0 Å². The highest BCUT2D eigenvalue weighted by Crippen LogP contribution is 2.41. The number of benzene rings is 1. The molecule has 0 aliphatic carbocycles. The standard InChI is InChI=1S/C10H8BrF3O4/c1-18-8(16)9(17,10(12,13)14)5-2-3-7(15)6(11)4-5/h2-4,15,17H,1H3/t9-/m0/s1. The summed E-state index contributed by atoms with van der Waals surface area (Å²) in [6.07, 6.45) is -5.25. The molecule has 1 aromatic rings. The summed E-state index contributed by atoms with van der Waals surface area (Å²) >= 11 is 2.80. The van der Waals surface area contributed by atoms with Crippen LogP contribution in [0.2, 0.25) is 0 Å². The lowest BCUT2D eigenvalue weighted by Crippen LogP contribution is -2.49. The van der Waals surface area contributed by atoms with E-state index >= 15 is 0 Å². The number of hydrogen-bond donors (Lipinski definition) is 2. The molecule has 0 fully saturated rings. The van der Waals surface area contributed by atoms with E-state index in [9.17, 15) is 28.2 Å². The number of carbonyl (C=O) groups is 1. The van der Waals surface area contributed by atoms with Crippen molar-refractivity contribution in [1.29, 1.82) is 0 Å². The Morgan fingerprint density at radius 1 is 1.39 bits per heavy atom. The van der Waals surface area contributed by atoms with Gasteiger partial charge in [-0.25, -0.2) is 4.79 Å². The van der Waals surface area contributed by atoms with Crippen LogP contribution >= 0.6 is 15.9 Å². The molecule has 0 saturated carbocycles. The van der Waals surface area contributed by atoms with Gasteiger partial charge in [-0.2, -0.15) is 13.2 Å². The molecule has 0 saturated heterocycles. The molecule has 0 unspecified atom stereocenters. The minimum absolute atomic E-state index is 0.0911. The summed E-state index contributed by atoms with van der Waals surface area (Å²) in [5, 5.41) is 18.8. The number of ether oxygens (including phenoxy) is 1. The average molecular weight is 329 g/mol. The molecule has 1 rings (SSSR count). The Morgan fingerprint density at radius 3 is 2.33 bits per heavy atom. The van der Waals surface area contributed by atoms with Gasteiger partial charge < -0.3 is 14.9 Å². The fourth-order valence-corrected chi connectivity index (χ4v) is 1.66. The largest absolute Gasteiger partial charge is 0.507 e. The van der Waals surface area contributed by atoms with Crippen LogP contribution in [0.4, 0.5) is 13.2 Å². The molecule has 0 aromatic heterocycles. The van der Waals surface area contributed by atoms with E-state index in [-0.39, 0.29) is 10.2 Å². The highest BCUT2D eigenvalue weighted by molar-refractivity contribution is 9.10. The Bertz CT molecular complexity index is 475. The number of carbonyl (C=O) groups excluding carboxylic acids is 1. The van der Waals surface area contributed by atoms with E-state index in [1.165, 1.54) is 0 Å². The number of alkyl halides is 3. The first-order chi connectivity index (χ1) is 8.14. The second kappa shape index (κ2) is 4.77. The minimum Gasteiger partial charge on any atom is -0.507 e. The summed E-state index contributed by atoms with van der Waals surface area (Å²) in [4.78, 5) is 11.2. The molecule has 18 heavy (non-hydrogen) atoms. The molecule has 4 nitrogen and oxygen atoms in total. The molecule has 100 valence electrons. The first-order valence-corrected chi connectivity index (χ1v) is 5.30. The number of rotatable bonds is 2. The van der Waals surface area contributed by atoms with E-state index in [4.69, 9.17) is 0 Å². The Hall–Kier alpha value is -1.28. The summed E-state index contributed by atoms with van der Waals surface area (Å²) < 4.78 is 42.4. The molecule has 0 spiro atoms. The predicted octanol–water partition coefficient (Wildman–Crippen LogP) is 2.08. The number of phenolic OH excluding ortho intramolecular Hbond substituents is 1. The van der Waals surface area contributed by atoms with Crippen LogP contribution in [0.3, 0.4) is 0 Å². The van der Waals surface area contributed by atoms with Gasteiger partial charge in [0.25, 0.3) is 5.60 Å². The van der Waals surface area contributed by atoms with Gasteiger partial charge in [-0.3, -0.25) is 0 Å². The van der Waals surface area contributed by atoms with E-state index in [0.29, 0.717) is 0 Å². The van der Waals surface area contributed by atoms with Crippen molar-refractivity contribution in [3.8, 4) is 5.75 Å². The third kappa shape index (κ3) is 2.30. The van der Waals surface area contributed by atoms with Crippen LogP contribution in [0.1, 0.15) is 5.56 Å². The third-order valence-corrected chi connectivity index (χ3v) is 2.89. The van der Waals surface area contributed by atoms with Crippen LogP contribution in [-0.2, 0) is 15.1 Å². The lowest BCUT2D eigenvalue weighted by Gasteiger charge is -2.28. The van der Waals surface area contributed by atoms with Gasteiger partial charge in [-0.05, 0) is 28.1 Å². The number of aromatic hydroxyl groups is 1. The van der Waals surface area contributed by atoms with Gasteiger partial charge in [0.15, 0.2) is 0 Å². The quantitative estimate of drug-likeness (QED) is 0.816. The van der Waals surface area contributed by atoms with Crippen LogP contribution in [-0.4, -0.2) is 29.5 Å². The van der Waals surface area contributed by atoms with Gasteiger partial charge in [0, 0.05) is 5.56 Å². The zero-order valence-corrected chi connectivity index (χ0v) is 10.5. The predicted molar refractivity (Wildman–Crippen MR) is 57.8 cm³/mol. The highest BCUT2D eigenvalue weighted by Gasteiger charge is 2.62. The van der Waals surface area contributed by atoms with Crippen molar-refractivity contribution in [2.24, 2.45) is 0 Å². The maximum Gasteiger partial charge on any atom is 0.432 e. The van der Waals surface area contributed by atoms with Gasteiger partial charge in [0.1, 0.15) is 5.75 Å². The summed E-state index contributed by atoms with van der Waals surface area (Å²) in [6.45, 7) is 0. The Morgan fingerprint density at radius 2 is 1.94 bits per heavy atom. The summed E-state index contributed by atoms with van der Waals surface area (Å²) in [6, 6.07) is 2.49. The Kier molecular flexibility index (Phi) is 3.92. The topological polar surface area (TPSA) is 66.8 Å². The van der Waals surface area contributed by atoms with Crippen LogP contribution in [0.25, 0.3) is 0 Å². The molecule has 8 heteroatoms. The Balaban J connectivity index is 3.45. The van der Waals surface area contributed by atoms with Crippen LogP contribution in [0.5, 0.6) is 5.75 Å². The zero-order valence-electron chi connectivity index (χ0n) is 8.95. The number of hydrogen-bond acceptors (Lipinski definition) is 4. The van der Waals surface area contributed by atoms with Crippen molar-refractivity contribution in [1.82, 2.24) is 0 Å². The SMILES string of the molecule is COC(=O)[C@@](O)(c1ccc(O)c(Br)c1)C(F)(F)F. The monoisotopic (exact) mass is 328 g/mol. The Labute approximate surface area is 108 Å². The summed E-state index contributed by atoms with van der Waals surface area (Å²) in [7, 11) is 0.731. The van der Waals surface area contributed by atoms with E-state index in [1.54, 1.807) is 0 Å². The van der Waals surface area contributed by atoms with Crippen molar-refractivity contribution in [3.63, 3.8) is 0 Å². The number of halogens is 4. The number of aliphatic hydroxyl groups is 1. The molecule has 2 N–H and O–H groups in total. The van der Waals surface area contributed by atoms with Crippen LogP contribution < -0.4 is 0 Å². The highest BCUT2D eigenvalue weighted by atomic mass is 79.9. The van der Waals surface area contributed by atoms with Gasteiger partial charge in [-0.1, -0.05) is 6.07 Å². The third-order valence-electron chi connectivity index (χ3n) is 2.26. The first kappa shape index (κ1) is 14.8. The summed E-state index contributed by atoms with van der Waals surface area (Å²) in [5.41, 5.74) is -4.54. The van der Waals surface area contributed by atoms with Crippen LogP contribution in [0, 0.1) is 0 Å². The maximum absolute atomic E-state index is 12.8. The molecule has 0 bridgehead atoms. The van der Waals surface area contributed by atoms with Crippen molar-refractivity contribution in [3.05, 3.63) is 28.2 Å². The lowest BCUT2D eigenvalue weighted by molar-refractivity contribution is -0.266. The van der Waals surface area contributed by atoms with Gasteiger partial charge in [0.2, 0.25) is 0 Å². The fraction of sp³-hybridized carbons (Fsp3) is 0.300. The van der Waals surface area contributed by atoms with Crippen molar-refractivity contribution in [2.45, 2.75) is 11.8 Å². The van der Waals surface area contributed by atoms with Crippen molar-refractivity contribution in [2.75, 3.05) is 7.11 Å². The molecule has 1 aromatic carbocycles. The molecule has 0 amide bonds. The minimum atomic E-state index is -5.25. The second-order valence-corrected chi connectivity index (χ2v) is 4.22. The van der Waals surface area contributed by atoms with Crippen LogP contribution in [0.15, 0.2) is 22.7 Å². The average Bonchev–Trinajstić information content (AvgIpc) is 2.29.